The minimum Gasteiger partial charge on any atom is -0.309 e. The Hall–Kier alpha value is -6.94. The van der Waals surface area contributed by atoms with Gasteiger partial charge in [0.2, 0.25) is 0 Å². The largest absolute Gasteiger partial charge is 0.309 e. The van der Waals surface area contributed by atoms with Crippen molar-refractivity contribution in [2.75, 3.05) is 4.90 Å². The number of hydrogen-bond acceptors (Lipinski definition) is 2. The SMILES string of the molecule is c1ccc(-c2ccc(-c3ccc4ccccc4c3)cc2N(c2cccc(-n3c4ccccc4c4ccccc43)c2)c2cccc3sc4ccccc4c23)cc1. The minimum absolute atomic E-state index is 1.09. The van der Waals surface area contributed by atoms with Gasteiger partial charge in [-0.05, 0) is 88.1 Å². The van der Waals surface area contributed by atoms with Crippen LogP contribution in [0, 0.1) is 0 Å². The van der Waals surface area contributed by atoms with Crippen molar-refractivity contribution in [2.45, 2.75) is 0 Å². The molecule has 0 saturated heterocycles. The summed E-state index contributed by atoms with van der Waals surface area (Å²) in [5, 5.41) is 7.52. The number of hydrogen-bond donors (Lipinski definition) is 0. The van der Waals surface area contributed by atoms with Crippen LogP contribution in [0.4, 0.5) is 17.1 Å². The molecule has 0 N–H and O–H groups in total. The molecule has 11 rings (SSSR count). The van der Waals surface area contributed by atoms with E-state index in [0.717, 1.165) is 22.7 Å². The molecular weight excluding hydrogens is 685 g/mol. The molecule has 0 saturated carbocycles. The van der Waals surface area contributed by atoms with Gasteiger partial charge < -0.3 is 9.47 Å². The summed E-state index contributed by atoms with van der Waals surface area (Å²) in [7, 11) is 0. The number of thiophene rings is 1. The predicted octanol–water partition coefficient (Wildman–Crippen LogP) is 15.1. The molecule has 258 valence electrons. The Morgan fingerprint density at radius 3 is 1.84 bits per heavy atom. The Morgan fingerprint density at radius 1 is 0.382 bits per heavy atom. The first-order valence-corrected chi connectivity index (χ1v) is 19.6. The van der Waals surface area contributed by atoms with Crippen LogP contribution in [0.2, 0.25) is 0 Å². The lowest BCUT2D eigenvalue weighted by Gasteiger charge is -2.30. The summed E-state index contributed by atoms with van der Waals surface area (Å²) in [6.45, 7) is 0. The smallest absolute Gasteiger partial charge is 0.0555 e. The average Bonchev–Trinajstić information content (AvgIpc) is 3.81. The van der Waals surface area contributed by atoms with Gasteiger partial charge in [0.25, 0.3) is 0 Å². The van der Waals surface area contributed by atoms with Crippen molar-refractivity contribution in [3.8, 4) is 27.9 Å². The van der Waals surface area contributed by atoms with Crippen LogP contribution in [-0.2, 0) is 0 Å². The van der Waals surface area contributed by atoms with E-state index >= 15 is 0 Å². The van der Waals surface area contributed by atoms with Crippen molar-refractivity contribution >= 4 is 81.1 Å². The third-order valence-corrected chi connectivity index (χ3v) is 12.1. The first kappa shape index (κ1) is 31.6. The monoisotopic (exact) mass is 718 g/mol. The quantitative estimate of drug-likeness (QED) is 0.166. The fourth-order valence-corrected chi connectivity index (χ4v) is 9.58. The summed E-state index contributed by atoms with van der Waals surface area (Å²) in [4.78, 5) is 2.51. The molecule has 9 aromatic carbocycles. The van der Waals surface area contributed by atoms with E-state index in [-0.39, 0.29) is 0 Å². The van der Waals surface area contributed by atoms with E-state index in [1.165, 1.54) is 75.0 Å². The van der Waals surface area contributed by atoms with Crippen LogP contribution >= 0.6 is 11.3 Å². The molecule has 0 aliphatic rings. The Morgan fingerprint density at radius 2 is 1.02 bits per heavy atom. The molecule has 0 aliphatic carbocycles. The Kier molecular flexibility index (Phi) is 7.39. The molecule has 0 atom stereocenters. The number of benzene rings is 9. The van der Waals surface area contributed by atoms with E-state index < -0.39 is 0 Å². The molecule has 0 aliphatic heterocycles. The Bertz CT molecular complexity index is 3170. The number of para-hydroxylation sites is 2. The Balaban J connectivity index is 1.22. The van der Waals surface area contributed by atoms with Crippen LogP contribution in [0.15, 0.2) is 206 Å². The molecule has 0 spiro atoms. The van der Waals surface area contributed by atoms with Crippen LogP contribution in [0.5, 0.6) is 0 Å². The highest BCUT2D eigenvalue weighted by atomic mass is 32.1. The maximum absolute atomic E-state index is 2.51. The van der Waals surface area contributed by atoms with Gasteiger partial charge in [0.15, 0.2) is 0 Å². The number of anilines is 3. The van der Waals surface area contributed by atoms with E-state index in [2.05, 4.69) is 216 Å². The fraction of sp³-hybridized carbons (Fsp3) is 0. The summed E-state index contributed by atoms with van der Waals surface area (Å²) in [6, 6.07) is 75.4. The van der Waals surface area contributed by atoms with Crippen molar-refractivity contribution in [3.05, 3.63) is 206 Å². The van der Waals surface area contributed by atoms with Crippen LogP contribution < -0.4 is 4.90 Å². The van der Waals surface area contributed by atoms with Crippen molar-refractivity contribution in [2.24, 2.45) is 0 Å². The highest BCUT2D eigenvalue weighted by Crippen LogP contribution is 2.48. The van der Waals surface area contributed by atoms with E-state index in [1.807, 2.05) is 11.3 Å². The van der Waals surface area contributed by atoms with Crippen molar-refractivity contribution in [3.63, 3.8) is 0 Å². The van der Waals surface area contributed by atoms with Crippen LogP contribution in [0.1, 0.15) is 0 Å². The summed E-state index contributed by atoms with van der Waals surface area (Å²) in [5.41, 5.74) is 11.6. The maximum atomic E-state index is 2.51. The van der Waals surface area contributed by atoms with E-state index in [0.29, 0.717) is 0 Å². The van der Waals surface area contributed by atoms with Crippen LogP contribution in [0.25, 0.3) is 80.7 Å². The number of aromatic nitrogens is 1. The van der Waals surface area contributed by atoms with Gasteiger partial charge in [-0.2, -0.15) is 0 Å². The van der Waals surface area contributed by atoms with Crippen molar-refractivity contribution in [1.29, 1.82) is 0 Å². The molecule has 0 unspecified atom stereocenters. The standard InChI is InChI=1S/C52H34N2S/c1-2-15-36(16-3-1)42-31-30-39(38-29-28-35-14-4-5-17-37(35)32-38)33-49(42)54(48-25-13-27-51-52(48)45-22-8-11-26-50(45)55-51)41-19-12-18-40(34-41)53-46-23-9-6-20-43(46)44-21-7-10-24-47(44)53/h1-34H. The second kappa shape index (κ2) is 12.9. The molecule has 0 bridgehead atoms. The molecule has 2 heterocycles. The predicted molar refractivity (Wildman–Crippen MR) is 237 cm³/mol. The number of nitrogens with zero attached hydrogens (tertiary/aromatic N) is 2. The van der Waals surface area contributed by atoms with Crippen LogP contribution in [0.3, 0.4) is 0 Å². The first-order chi connectivity index (χ1) is 27.3. The summed E-state index contributed by atoms with van der Waals surface area (Å²) >= 11 is 1.86. The topological polar surface area (TPSA) is 8.17 Å². The van der Waals surface area contributed by atoms with E-state index in [9.17, 15) is 0 Å². The molecule has 0 fully saturated rings. The number of fused-ring (bicyclic) bond motifs is 7. The second-order valence-corrected chi connectivity index (χ2v) is 15.2. The van der Waals surface area contributed by atoms with Gasteiger partial charge >= 0.3 is 0 Å². The lowest BCUT2D eigenvalue weighted by atomic mass is 9.95. The van der Waals surface area contributed by atoms with Gasteiger partial charge in [0, 0.05) is 47.9 Å². The molecule has 3 heteroatoms. The van der Waals surface area contributed by atoms with Gasteiger partial charge in [-0.15, -0.1) is 11.3 Å². The zero-order valence-corrected chi connectivity index (χ0v) is 30.7. The number of rotatable bonds is 6. The zero-order chi connectivity index (χ0) is 36.3. The van der Waals surface area contributed by atoms with Crippen LogP contribution in [-0.4, -0.2) is 4.57 Å². The highest BCUT2D eigenvalue weighted by Gasteiger charge is 2.23. The van der Waals surface area contributed by atoms with Gasteiger partial charge in [-0.25, -0.2) is 0 Å². The summed E-state index contributed by atoms with van der Waals surface area (Å²) in [5.74, 6) is 0. The van der Waals surface area contributed by atoms with Crippen molar-refractivity contribution < 1.29 is 0 Å². The lowest BCUT2D eigenvalue weighted by Crippen LogP contribution is -2.12. The molecule has 0 radical (unpaired) electrons. The second-order valence-electron chi connectivity index (χ2n) is 14.1. The van der Waals surface area contributed by atoms with Gasteiger partial charge in [0.05, 0.1) is 22.4 Å². The third-order valence-electron chi connectivity index (χ3n) is 11.0. The zero-order valence-electron chi connectivity index (χ0n) is 29.9. The van der Waals surface area contributed by atoms with Gasteiger partial charge in [0.1, 0.15) is 0 Å². The van der Waals surface area contributed by atoms with Gasteiger partial charge in [-0.3, -0.25) is 0 Å². The summed E-state index contributed by atoms with van der Waals surface area (Å²) < 4.78 is 4.97. The molecular formula is C52H34N2S. The summed E-state index contributed by atoms with van der Waals surface area (Å²) in [6.07, 6.45) is 0. The normalized spacial score (nSPS) is 11.6. The molecule has 2 aromatic heterocycles. The van der Waals surface area contributed by atoms with Crippen molar-refractivity contribution in [1.82, 2.24) is 4.57 Å². The third kappa shape index (κ3) is 5.24. The van der Waals surface area contributed by atoms with Gasteiger partial charge in [-0.1, -0.05) is 146 Å². The first-order valence-electron chi connectivity index (χ1n) is 18.8. The minimum atomic E-state index is 1.09. The fourth-order valence-electron chi connectivity index (χ4n) is 8.45. The highest BCUT2D eigenvalue weighted by molar-refractivity contribution is 7.26. The Labute approximate surface area is 323 Å². The lowest BCUT2D eigenvalue weighted by molar-refractivity contribution is 1.17. The maximum Gasteiger partial charge on any atom is 0.0555 e. The molecule has 2 nitrogen and oxygen atoms in total. The molecule has 55 heavy (non-hydrogen) atoms. The molecule has 11 aromatic rings. The van der Waals surface area contributed by atoms with E-state index in [1.54, 1.807) is 0 Å². The van der Waals surface area contributed by atoms with E-state index in [4.69, 9.17) is 0 Å². The average molecular weight is 719 g/mol. The molecule has 0 amide bonds.